The van der Waals surface area contributed by atoms with E-state index in [4.69, 9.17) is 4.74 Å². The van der Waals surface area contributed by atoms with E-state index in [1.165, 1.54) is 6.20 Å². The maximum atomic E-state index is 12.6. The maximum Gasteiger partial charge on any atom is 0.376 e. The number of rotatable bonds is 7. The van der Waals surface area contributed by atoms with Gasteiger partial charge in [0.05, 0.1) is 23.5 Å². The molecule has 2 heterocycles. The minimum absolute atomic E-state index is 0.0881. The number of carbonyl (C=O) groups is 1. The number of nitrogens with zero attached hydrogens (tertiary/aromatic N) is 3. The second-order valence-corrected chi connectivity index (χ2v) is 6.65. The highest BCUT2D eigenvalue weighted by Gasteiger charge is 2.27. The normalized spacial score (nSPS) is 12.0. The number of nitrogens with one attached hydrogen (secondary N) is 1. The molecular formula is C20H20N4O5. The Kier molecular flexibility index (Phi) is 5.87. The van der Waals surface area contributed by atoms with E-state index in [0.717, 1.165) is 4.40 Å². The summed E-state index contributed by atoms with van der Waals surface area (Å²) in [4.78, 5) is 39.9. The number of ether oxygens (including phenoxy) is 1. The molecule has 0 aliphatic carbocycles. The number of pyridine rings is 1. The van der Waals surface area contributed by atoms with Crippen molar-refractivity contribution >= 4 is 23.1 Å². The van der Waals surface area contributed by atoms with Crippen molar-refractivity contribution in [3.63, 3.8) is 0 Å². The van der Waals surface area contributed by atoms with Crippen LogP contribution in [0.3, 0.4) is 0 Å². The number of fused-ring (bicyclic) bond motifs is 1. The molecule has 0 unspecified atom stereocenters. The SMILES string of the molecule is CC(C)OC(=O)C[C@@H](Nc1nc2ccccn2c(=O)c1[N+](=O)[O-])c1ccccc1. The van der Waals surface area contributed by atoms with Crippen molar-refractivity contribution in [2.24, 2.45) is 0 Å². The van der Waals surface area contributed by atoms with Crippen LogP contribution in [0.25, 0.3) is 5.65 Å². The molecule has 150 valence electrons. The molecule has 1 atom stereocenters. The third kappa shape index (κ3) is 4.57. The second kappa shape index (κ2) is 8.51. The molecule has 1 aromatic carbocycles. The number of carbonyl (C=O) groups excluding carboxylic acids is 1. The predicted molar refractivity (Wildman–Crippen MR) is 107 cm³/mol. The number of nitro groups is 1. The molecule has 0 amide bonds. The smallest absolute Gasteiger partial charge is 0.376 e. The van der Waals surface area contributed by atoms with Crippen LogP contribution in [0, 0.1) is 10.1 Å². The standard InChI is InChI=1S/C20H20N4O5/c1-13(2)29-17(25)12-15(14-8-4-3-5-9-14)21-19-18(24(27)28)20(26)23-11-7-6-10-16(23)22-19/h3-11,13,15,21H,12H2,1-2H3/t15-/m1/s1. The van der Waals surface area contributed by atoms with Crippen LogP contribution in [-0.2, 0) is 9.53 Å². The quantitative estimate of drug-likeness (QED) is 0.370. The summed E-state index contributed by atoms with van der Waals surface area (Å²) >= 11 is 0. The first-order chi connectivity index (χ1) is 13.9. The Hall–Kier alpha value is -3.75. The molecule has 0 bridgehead atoms. The Balaban J connectivity index is 2.06. The van der Waals surface area contributed by atoms with Gasteiger partial charge in [0.25, 0.3) is 0 Å². The van der Waals surface area contributed by atoms with Gasteiger partial charge >= 0.3 is 17.2 Å². The van der Waals surface area contributed by atoms with Crippen molar-refractivity contribution in [2.75, 3.05) is 5.32 Å². The van der Waals surface area contributed by atoms with Gasteiger partial charge in [-0.3, -0.25) is 24.1 Å². The highest BCUT2D eigenvalue weighted by atomic mass is 16.6. The van der Waals surface area contributed by atoms with Gasteiger partial charge in [0.2, 0.25) is 5.82 Å². The van der Waals surface area contributed by atoms with Gasteiger partial charge in [0.1, 0.15) is 5.65 Å². The fraction of sp³-hybridized carbons (Fsp3) is 0.250. The van der Waals surface area contributed by atoms with Gasteiger partial charge in [-0.2, -0.15) is 0 Å². The van der Waals surface area contributed by atoms with Crippen LogP contribution in [0.5, 0.6) is 0 Å². The highest BCUT2D eigenvalue weighted by molar-refractivity contribution is 5.72. The van der Waals surface area contributed by atoms with Gasteiger partial charge < -0.3 is 10.1 Å². The van der Waals surface area contributed by atoms with Crippen LogP contribution in [0.15, 0.2) is 59.5 Å². The molecule has 3 aromatic rings. The molecule has 0 fully saturated rings. The van der Waals surface area contributed by atoms with E-state index in [2.05, 4.69) is 10.3 Å². The lowest BCUT2D eigenvalue weighted by molar-refractivity contribution is -0.385. The van der Waals surface area contributed by atoms with E-state index in [-0.39, 0.29) is 24.0 Å². The zero-order valence-electron chi connectivity index (χ0n) is 15.9. The fourth-order valence-corrected chi connectivity index (χ4v) is 2.93. The Morgan fingerprint density at radius 3 is 2.55 bits per heavy atom. The molecule has 0 spiro atoms. The third-order valence-corrected chi connectivity index (χ3v) is 4.14. The topological polar surface area (TPSA) is 116 Å². The van der Waals surface area contributed by atoms with E-state index < -0.39 is 28.2 Å². The van der Waals surface area contributed by atoms with Crippen LogP contribution in [-0.4, -0.2) is 26.4 Å². The molecule has 9 heteroatoms. The van der Waals surface area contributed by atoms with Gasteiger partial charge in [0.15, 0.2) is 0 Å². The predicted octanol–water partition coefficient (Wildman–Crippen LogP) is 3.10. The second-order valence-electron chi connectivity index (χ2n) is 6.65. The number of hydrogen-bond donors (Lipinski definition) is 1. The summed E-state index contributed by atoms with van der Waals surface area (Å²) < 4.78 is 6.32. The average Bonchev–Trinajstić information content (AvgIpc) is 2.67. The van der Waals surface area contributed by atoms with Gasteiger partial charge in [-0.25, -0.2) is 4.98 Å². The monoisotopic (exact) mass is 396 g/mol. The Morgan fingerprint density at radius 1 is 1.21 bits per heavy atom. The van der Waals surface area contributed by atoms with E-state index >= 15 is 0 Å². The van der Waals surface area contributed by atoms with Crippen molar-refractivity contribution in [1.82, 2.24) is 9.38 Å². The van der Waals surface area contributed by atoms with Crippen molar-refractivity contribution in [3.8, 4) is 0 Å². The number of hydrogen-bond acceptors (Lipinski definition) is 7. The molecular weight excluding hydrogens is 376 g/mol. The van der Waals surface area contributed by atoms with Crippen LogP contribution < -0.4 is 10.9 Å². The molecule has 0 radical (unpaired) electrons. The lowest BCUT2D eigenvalue weighted by Gasteiger charge is -2.20. The molecule has 0 aliphatic heterocycles. The fourth-order valence-electron chi connectivity index (χ4n) is 2.93. The number of benzene rings is 1. The van der Waals surface area contributed by atoms with Crippen molar-refractivity contribution in [1.29, 1.82) is 0 Å². The third-order valence-electron chi connectivity index (χ3n) is 4.14. The van der Waals surface area contributed by atoms with Gasteiger partial charge in [-0.15, -0.1) is 0 Å². The Morgan fingerprint density at radius 2 is 1.90 bits per heavy atom. The highest BCUT2D eigenvalue weighted by Crippen LogP contribution is 2.27. The lowest BCUT2D eigenvalue weighted by Crippen LogP contribution is -2.24. The number of anilines is 1. The number of aromatic nitrogens is 2. The molecule has 3 rings (SSSR count). The summed E-state index contributed by atoms with van der Waals surface area (Å²) in [5.41, 5.74) is -0.536. The zero-order valence-corrected chi connectivity index (χ0v) is 15.9. The zero-order chi connectivity index (χ0) is 21.0. The molecule has 29 heavy (non-hydrogen) atoms. The van der Waals surface area contributed by atoms with Crippen molar-refractivity contribution in [3.05, 3.63) is 80.8 Å². The Labute approximate surface area is 166 Å². The van der Waals surface area contributed by atoms with Crippen LogP contribution >= 0.6 is 0 Å². The first-order valence-electron chi connectivity index (χ1n) is 9.03. The average molecular weight is 396 g/mol. The molecule has 1 N–H and O–H groups in total. The summed E-state index contributed by atoms with van der Waals surface area (Å²) in [6.45, 7) is 3.47. The van der Waals surface area contributed by atoms with Crippen LogP contribution in [0.4, 0.5) is 11.5 Å². The van der Waals surface area contributed by atoms with Crippen molar-refractivity contribution in [2.45, 2.75) is 32.4 Å². The van der Waals surface area contributed by atoms with Gasteiger partial charge in [-0.05, 0) is 31.5 Å². The summed E-state index contributed by atoms with van der Waals surface area (Å²) in [6.07, 6.45) is 1.03. The first-order valence-corrected chi connectivity index (χ1v) is 9.03. The molecule has 9 nitrogen and oxygen atoms in total. The summed E-state index contributed by atoms with van der Waals surface area (Å²) in [6, 6.07) is 13.1. The van der Waals surface area contributed by atoms with Crippen LogP contribution in [0.2, 0.25) is 0 Å². The summed E-state index contributed by atoms with van der Waals surface area (Å²) in [5.74, 6) is -0.668. The van der Waals surface area contributed by atoms with Gasteiger partial charge in [-0.1, -0.05) is 36.4 Å². The molecule has 0 aliphatic rings. The summed E-state index contributed by atoms with van der Waals surface area (Å²) in [7, 11) is 0. The van der Waals surface area contributed by atoms with E-state index in [9.17, 15) is 19.7 Å². The van der Waals surface area contributed by atoms with Crippen molar-refractivity contribution < 1.29 is 14.5 Å². The summed E-state index contributed by atoms with van der Waals surface area (Å²) in [5, 5.41) is 14.5. The minimum Gasteiger partial charge on any atom is -0.463 e. The van der Waals surface area contributed by atoms with Gasteiger partial charge in [0, 0.05) is 6.20 Å². The lowest BCUT2D eigenvalue weighted by atomic mass is 10.0. The first kappa shape index (κ1) is 20.0. The van der Waals surface area contributed by atoms with Crippen LogP contribution in [0.1, 0.15) is 31.9 Å². The largest absolute Gasteiger partial charge is 0.463 e. The minimum atomic E-state index is -0.806. The van der Waals surface area contributed by atoms with E-state index in [1.54, 1.807) is 56.3 Å². The maximum absolute atomic E-state index is 12.6. The molecule has 0 saturated heterocycles. The van der Waals surface area contributed by atoms with E-state index in [0.29, 0.717) is 5.56 Å². The molecule has 0 saturated carbocycles. The van der Waals surface area contributed by atoms with E-state index in [1.807, 2.05) is 6.07 Å². The Bertz CT molecular complexity index is 1090. The molecule has 2 aromatic heterocycles. The number of esters is 1.